The number of carbonyl (C=O) groups excluding carboxylic acids is 17. The first kappa shape index (κ1) is 100. The lowest BCUT2D eigenvalue weighted by atomic mass is 10.0. The fourth-order valence-electron chi connectivity index (χ4n) is 15.5. The van der Waals surface area contributed by atoms with Crippen molar-refractivity contribution in [1.29, 1.82) is 5.41 Å². The highest BCUT2D eigenvalue weighted by atomic mass is 32.2. The molecular weight excluding hydrogens is 1680 g/mol. The summed E-state index contributed by atoms with van der Waals surface area (Å²) in [7, 11) is 3.79. The molecule has 5 aromatic rings. The van der Waals surface area contributed by atoms with E-state index in [1.54, 1.807) is 67.8 Å². The average Bonchev–Trinajstić information content (AvgIpc) is 1.73. The third-order valence-corrected chi connectivity index (χ3v) is 23.6. The Morgan fingerprint density at radius 2 is 1.03 bits per heavy atom. The molecule has 25 N–H and O–H groups in total. The molecule has 43 nitrogen and oxygen atoms in total. The van der Waals surface area contributed by atoms with Crippen molar-refractivity contribution in [2.24, 2.45) is 22.9 Å². The molecule has 2 aromatic heterocycles. The number of aromatic hydroxyl groups is 1. The van der Waals surface area contributed by atoms with Crippen molar-refractivity contribution in [2.45, 2.75) is 195 Å². The van der Waals surface area contributed by atoms with Crippen molar-refractivity contribution in [3.05, 3.63) is 102 Å². The summed E-state index contributed by atoms with van der Waals surface area (Å²) in [4.78, 5) is 257. The summed E-state index contributed by atoms with van der Waals surface area (Å²) in [5, 5.41) is 69.0. The van der Waals surface area contributed by atoms with Gasteiger partial charge < -0.3 is 131 Å². The molecule has 3 fully saturated rings. The quantitative estimate of drug-likeness (QED) is 0.0156. The maximum absolute atomic E-state index is 15.3. The normalized spacial score (nSPS) is 24.2. The summed E-state index contributed by atoms with van der Waals surface area (Å²) < 4.78 is 0. The van der Waals surface area contributed by atoms with Crippen molar-refractivity contribution < 1.29 is 96.8 Å². The van der Waals surface area contributed by atoms with Crippen LogP contribution in [-0.4, -0.2) is 320 Å². The largest absolute Gasteiger partial charge is 0.508 e. The number of phenols is 1. The van der Waals surface area contributed by atoms with Crippen LogP contribution in [0.2, 0.25) is 0 Å². The van der Waals surface area contributed by atoms with E-state index in [1.807, 2.05) is 0 Å². The third-order valence-electron chi connectivity index (χ3n) is 22.5. The summed E-state index contributed by atoms with van der Waals surface area (Å²) in [5.41, 5.74) is 25.5. The number of rotatable bonds is 24. The zero-order chi connectivity index (χ0) is 93.6. The molecule has 3 aromatic carbocycles. The Hall–Kier alpha value is -13.0. The number of carbonyl (C=O) groups is 17. The van der Waals surface area contributed by atoms with Gasteiger partial charge in [0, 0.05) is 107 Å². The number of benzene rings is 3. The van der Waals surface area contributed by atoms with Crippen molar-refractivity contribution in [1.82, 2.24) is 93.0 Å². The van der Waals surface area contributed by atoms with Crippen LogP contribution >= 0.6 is 11.8 Å². The predicted octanol–water partition coefficient (Wildman–Crippen LogP) is -5.35. The summed E-state index contributed by atoms with van der Waals surface area (Å²) in [6.45, 7) is -0.374. The molecule has 3 aliphatic rings. The Morgan fingerprint density at radius 3 is 1.61 bits per heavy atom. The number of thioether (sulfide) groups is 1. The minimum Gasteiger partial charge on any atom is -0.508 e. The van der Waals surface area contributed by atoms with Crippen LogP contribution in [0.1, 0.15) is 114 Å². The number of primary amides is 2. The number of aliphatic hydroxyl groups is 2. The average molecular weight is 1800 g/mol. The highest BCUT2D eigenvalue weighted by molar-refractivity contribution is 8.00. The summed E-state index contributed by atoms with van der Waals surface area (Å²) >= 11 is 0.756. The first-order chi connectivity index (χ1) is 61.1. The maximum Gasteiger partial charge on any atom is 0.246 e. The smallest absolute Gasteiger partial charge is 0.246 e. The molecule has 17 amide bonds. The lowest BCUT2D eigenvalue weighted by molar-refractivity contribution is -0.146. The molecule has 0 spiro atoms. The predicted molar refractivity (Wildman–Crippen MR) is 468 cm³/mol. The number of nitrogens with two attached hydrogens (primary N) is 4. The number of unbranched alkanes of at least 4 members (excludes halogenated alkanes) is 1. The van der Waals surface area contributed by atoms with Gasteiger partial charge >= 0.3 is 0 Å². The molecule has 0 unspecified atom stereocenters. The molecule has 3 saturated heterocycles. The number of H-pyrrole nitrogens is 2. The van der Waals surface area contributed by atoms with Gasteiger partial charge in [0.25, 0.3) is 0 Å². The number of guanidine groups is 1. The van der Waals surface area contributed by atoms with E-state index in [2.05, 4.69) is 68.5 Å². The van der Waals surface area contributed by atoms with E-state index < -0.39 is 236 Å². The van der Waals surface area contributed by atoms with Crippen LogP contribution in [0.4, 0.5) is 0 Å². The Labute approximate surface area is 742 Å². The molecule has 44 heteroatoms. The summed E-state index contributed by atoms with van der Waals surface area (Å²) in [6, 6.07) is -0.292. The van der Waals surface area contributed by atoms with Gasteiger partial charge in [-0.15, -0.1) is 11.8 Å². The standard InChI is InChI=1S/C84H119N23O20S/c1-6-7-22-64-76(120)100-61(38-67(86)111)83(127)107-33-15-24-66(107)78(122)101-62(43-109)75(119)97-57(29-34-108)82(126)106-32-14-23-65(106)77(121)98-58(36-48-39-91-53-18-10-8-16-51(48)53)74(118)96-56(20-12-30-85)73(117)99-60(37-49-40-92-54-19-11-9-17-52(49)54)80(124)104(4)46(2)79(123)103(3)42-69(113)94-55(21-13-31-90-84(88)89)72(116)102-63(71(115)93-41-68(87)112)44-128-45-70(114)95-59(81(125)105(64)5)35-47-25-27-50(110)28-26-47/h8-11,16-19,25-28,39-40,46,55-66,91-92,108-110H,6-7,12-15,20-24,29-38,41-45,85H2,1-5H3,(H2,86,111)(H2,87,112)(H,93,115)(H,94,113)(H,95,114)(H,96,118)(H,97,119)(H,98,121)(H,99,117)(H,100,120)(H,101,122)(H,102,116)(H4,88,89,90)/t46-,55-,56-,57-,58-,59-,60-,61+,62-,63-,64-,65-,66-/m0/s1. The molecule has 0 aliphatic carbocycles. The van der Waals surface area contributed by atoms with Crippen LogP contribution in [0.25, 0.3) is 21.8 Å². The van der Waals surface area contributed by atoms with Crippen LogP contribution in [0.15, 0.2) is 85.2 Å². The number of nitrogens with zero attached hydrogens (tertiary/aromatic N) is 5. The summed E-state index contributed by atoms with van der Waals surface area (Å²) in [6.07, 6.45) is 2.10. The number of fused-ring (bicyclic) bond motifs is 4. The van der Waals surface area contributed by atoms with Gasteiger partial charge in [-0.05, 0) is 119 Å². The van der Waals surface area contributed by atoms with Gasteiger partial charge in [0.15, 0.2) is 5.96 Å². The van der Waals surface area contributed by atoms with Gasteiger partial charge in [0.2, 0.25) is 100 Å². The minimum absolute atomic E-state index is 0.00785. The summed E-state index contributed by atoms with van der Waals surface area (Å²) in [5.74, 6) is -17.6. The van der Waals surface area contributed by atoms with Crippen molar-refractivity contribution in [2.75, 3.05) is 85.1 Å². The van der Waals surface area contributed by atoms with E-state index in [0.717, 1.165) is 36.3 Å². The lowest BCUT2D eigenvalue weighted by Crippen LogP contribution is -2.61. The molecule has 5 heterocycles. The lowest BCUT2D eigenvalue weighted by Gasteiger charge is -2.33. The van der Waals surface area contributed by atoms with Gasteiger partial charge in [-0.25, -0.2) is 0 Å². The van der Waals surface area contributed by atoms with Gasteiger partial charge in [0.05, 0.1) is 31.9 Å². The van der Waals surface area contributed by atoms with Crippen molar-refractivity contribution in [3.63, 3.8) is 0 Å². The molecule has 128 heavy (non-hydrogen) atoms. The van der Waals surface area contributed by atoms with Crippen LogP contribution in [0.5, 0.6) is 5.75 Å². The second kappa shape index (κ2) is 48.7. The fourth-order valence-corrected chi connectivity index (χ4v) is 16.4. The third kappa shape index (κ3) is 28.3. The van der Waals surface area contributed by atoms with Gasteiger partial charge in [-0.3, -0.25) is 86.9 Å². The molecule has 0 radical (unpaired) electrons. The van der Waals surface area contributed by atoms with Crippen molar-refractivity contribution >= 4 is 140 Å². The molecular formula is C84H119N23O20S. The van der Waals surface area contributed by atoms with Crippen LogP contribution in [0, 0.1) is 5.41 Å². The number of amides is 17. The molecule has 0 bridgehead atoms. The number of nitrogens with one attached hydrogen (secondary N) is 14. The first-order valence-electron chi connectivity index (χ1n) is 42.5. The number of para-hydroxylation sites is 2. The SMILES string of the molecule is CCCC[C@H]1C(=O)N[C@H](CC(N)=O)C(=O)N2CCC[C@H]2C(=O)N[C@@H](CO)C(=O)N[C@@H](CCO)C(=O)N2CCC[C@H]2C(=O)N[C@@H](Cc2c[nH]c3ccccc23)C(=O)N[C@@H](CCCN)C(=O)N[C@@H](Cc2c[nH]c3ccccc23)C(=O)N(C)[C@@H](C)C(=O)N(C)CC(=O)N[C@@H](CCCNC(=N)N)C(=O)N[C@H](C(=O)NCC(N)=O)CSCC(=O)N[C@@H](Cc2ccc(O)cc2)C(=O)N1C. The van der Waals surface area contributed by atoms with Gasteiger partial charge in [-0.2, -0.15) is 0 Å². The number of hydrogen-bond acceptors (Lipinski definition) is 23. The van der Waals surface area contributed by atoms with Gasteiger partial charge in [-0.1, -0.05) is 68.3 Å². The van der Waals surface area contributed by atoms with E-state index in [-0.39, 0.29) is 115 Å². The Bertz CT molecular complexity index is 4820. The number of hydrogen-bond donors (Lipinski definition) is 21. The molecule has 13 atom stereocenters. The first-order valence-corrected chi connectivity index (χ1v) is 43.6. The van der Waals surface area contributed by atoms with E-state index in [0.29, 0.717) is 44.9 Å². The van der Waals surface area contributed by atoms with Crippen LogP contribution < -0.4 is 81.4 Å². The monoisotopic (exact) mass is 1800 g/mol. The van der Waals surface area contributed by atoms with E-state index in [9.17, 15) is 72.9 Å². The zero-order valence-corrected chi connectivity index (χ0v) is 73.0. The zero-order valence-electron chi connectivity index (χ0n) is 72.2. The minimum atomic E-state index is -1.84. The number of aromatic nitrogens is 2. The second-order valence-electron chi connectivity index (χ2n) is 32.0. The fraction of sp³-hybridized carbons (Fsp3) is 0.524. The maximum atomic E-state index is 15.3. The second-order valence-corrected chi connectivity index (χ2v) is 33.0. The Kier molecular flexibility index (Phi) is 38.2. The number of aliphatic hydroxyl groups excluding tert-OH is 2. The Morgan fingerprint density at radius 1 is 0.523 bits per heavy atom. The number of aromatic amines is 2. The molecule has 696 valence electrons. The van der Waals surface area contributed by atoms with E-state index in [1.165, 1.54) is 52.3 Å². The van der Waals surface area contributed by atoms with Crippen molar-refractivity contribution in [3.8, 4) is 5.75 Å². The molecule has 3 aliphatic heterocycles. The molecule has 8 rings (SSSR count). The topological polar surface area (TPSA) is 659 Å². The molecule has 0 saturated carbocycles. The van der Waals surface area contributed by atoms with Crippen LogP contribution in [0.3, 0.4) is 0 Å². The van der Waals surface area contributed by atoms with Gasteiger partial charge in [0.1, 0.15) is 84.3 Å². The van der Waals surface area contributed by atoms with E-state index in [4.69, 9.17) is 28.3 Å². The highest BCUT2D eigenvalue weighted by Gasteiger charge is 2.45. The Balaban J connectivity index is 1.15. The number of likely N-dealkylation sites (N-methyl/N-ethyl adjacent to an activating group) is 3. The highest BCUT2D eigenvalue weighted by Crippen LogP contribution is 2.27. The van der Waals surface area contributed by atoms with E-state index >= 15 is 24.0 Å². The number of phenolic OH excluding ortho intramolecular Hbond substituents is 1. The van der Waals surface area contributed by atoms with Crippen LogP contribution in [-0.2, 0) is 101 Å².